The lowest BCUT2D eigenvalue weighted by Crippen LogP contribution is -2.32. The summed E-state index contributed by atoms with van der Waals surface area (Å²) in [7, 11) is -3.64. The molecule has 0 saturated carbocycles. The number of nitrogens with zero attached hydrogens (tertiary/aromatic N) is 1. The molecule has 5 nitrogen and oxygen atoms in total. The maximum Gasteiger partial charge on any atom is 0.241 e. The summed E-state index contributed by atoms with van der Waals surface area (Å²) in [6.07, 6.45) is 0.576. The van der Waals surface area contributed by atoms with E-state index >= 15 is 0 Å². The first kappa shape index (κ1) is 14.6. The predicted octanol–water partition coefficient (Wildman–Crippen LogP) is 2.36. The Hall–Kier alpha value is -2.36. The summed E-state index contributed by atoms with van der Waals surface area (Å²) in [6, 6.07) is 14.9. The summed E-state index contributed by atoms with van der Waals surface area (Å²) in [5, 5.41) is 8.77. The zero-order valence-corrected chi connectivity index (χ0v) is 12.5. The smallest absolute Gasteiger partial charge is 0.241 e. The molecule has 22 heavy (non-hydrogen) atoms. The third-order valence-corrected chi connectivity index (χ3v) is 5.04. The third kappa shape index (κ3) is 2.82. The quantitative estimate of drug-likeness (QED) is 0.943. The lowest BCUT2D eigenvalue weighted by atomic mass is 10.0. The maximum atomic E-state index is 12.5. The van der Waals surface area contributed by atoms with Crippen molar-refractivity contribution < 1.29 is 13.2 Å². The summed E-state index contributed by atoms with van der Waals surface area (Å²) in [5.41, 5.74) is 1.27. The van der Waals surface area contributed by atoms with Gasteiger partial charge in [-0.15, -0.1) is 0 Å². The average molecular weight is 314 g/mol. The molecule has 0 amide bonds. The Morgan fingerprint density at radius 1 is 1.14 bits per heavy atom. The lowest BCUT2D eigenvalue weighted by molar-refractivity contribution is 0.263. The second kappa shape index (κ2) is 5.79. The van der Waals surface area contributed by atoms with Crippen LogP contribution >= 0.6 is 0 Å². The molecule has 112 valence electrons. The number of fused-ring (bicyclic) bond motifs is 1. The number of nitriles is 1. The minimum atomic E-state index is -3.64. The van der Waals surface area contributed by atoms with E-state index in [-0.39, 0.29) is 10.9 Å². The van der Waals surface area contributed by atoms with Gasteiger partial charge in [0.2, 0.25) is 10.0 Å². The molecule has 1 atom stereocenters. The van der Waals surface area contributed by atoms with Crippen molar-refractivity contribution in [2.75, 3.05) is 6.61 Å². The van der Waals surface area contributed by atoms with E-state index in [9.17, 15) is 8.42 Å². The highest BCUT2D eigenvalue weighted by atomic mass is 32.2. The molecule has 2 aromatic carbocycles. The molecule has 0 fully saturated rings. The Bertz CT molecular complexity index is 823. The Labute approximate surface area is 129 Å². The van der Waals surface area contributed by atoms with Gasteiger partial charge in [0.05, 0.1) is 29.2 Å². The van der Waals surface area contributed by atoms with E-state index in [0.717, 1.165) is 5.56 Å². The van der Waals surface area contributed by atoms with Crippen molar-refractivity contribution >= 4 is 10.0 Å². The van der Waals surface area contributed by atoms with Gasteiger partial charge in [0.1, 0.15) is 5.75 Å². The molecule has 2 aromatic rings. The van der Waals surface area contributed by atoms with Crippen molar-refractivity contribution in [3.8, 4) is 11.8 Å². The Morgan fingerprint density at radius 2 is 1.86 bits per heavy atom. The summed E-state index contributed by atoms with van der Waals surface area (Å²) < 4.78 is 33.2. The molecule has 1 heterocycles. The first-order valence-electron chi connectivity index (χ1n) is 6.84. The molecule has 0 aromatic heterocycles. The molecular formula is C16H14N2O3S. The molecule has 0 aliphatic carbocycles. The molecule has 1 aliphatic heterocycles. The van der Waals surface area contributed by atoms with E-state index in [1.807, 2.05) is 30.3 Å². The van der Waals surface area contributed by atoms with Crippen molar-refractivity contribution in [2.45, 2.75) is 17.4 Å². The van der Waals surface area contributed by atoms with Crippen molar-refractivity contribution in [3.63, 3.8) is 0 Å². The second-order valence-electron chi connectivity index (χ2n) is 4.99. The molecule has 3 rings (SSSR count). The maximum absolute atomic E-state index is 12.5. The number of hydrogen-bond acceptors (Lipinski definition) is 4. The van der Waals surface area contributed by atoms with Gasteiger partial charge in [0, 0.05) is 12.0 Å². The van der Waals surface area contributed by atoms with E-state index in [2.05, 4.69) is 4.72 Å². The lowest BCUT2D eigenvalue weighted by Gasteiger charge is -2.26. The number of hydrogen-bond donors (Lipinski definition) is 1. The van der Waals surface area contributed by atoms with Crippen LogP contribution in [0, 0.1) is 11.3 Å². The van der Waals surface area contributed by atoms with Crippen molar-refractivity contribution in [2.24, 2.45) is 0 Å². The van der Waals surface area contributed by atoms with E-state index in [0.29, 0.717) is 24.3 Å². The Kier molecular flexibility index (Phi) is 3.84. The van der Waals surface area contributed by atoms with Crippen molar-refractivity contribution in [3.05, 3.63) is 59.7 Å². The van der Waals surface area contributed by atoms with Gasteiger partial charge >= 0.3 is 0 Å². The topological polar surface area (TPSA) is 79.2 Å². The van der Waals surface area contributed by atoms with Gasteiger partial charge in [0.25, 0.3) is 0 Å². The van der Waals surface area contributed by atoms with Crippen LogP contribution in [0.1, 0.15) is 23.6 Å². The zero-order chi connectivity index (χ0) is 15.6. The SMILES string of the molecule is N#Cc1ccc(S(=O)(=O)NC2CCOc3ccccc32)cc1. The highest BCUT2D eigenvalue weighted by molar-refractivity contribution is 7.89. The zero-order valence-electron chi connectivity index (χ0n) is 11.7. The molecule has 1 N–H and O–H groups in total. The van der Waals surface area contributed by atoms with Gasteiger partial charge in [-0.25, -0.2) is 13.1 Å². The number of nitrogens with one attached hydrogen (secondary N) is 1. The van der Waals surface area contributed by atoms with Crippen LogP contribution in [0.15, 0.2) is 53.4 Å². The molecule has 6 heteroatoms. The fraction of sp³-hybridized carbons (Fsp3) is 0.188. The third-order valence-electron chi connectivity index (χ3n) is 3.55. The van der Waals surface area contributed by atoms with Gasteiger partial charge < -0.3 is 4.74 Å². The van der Waals surface area contributed by atoms with Gasteiger partial charge in [0.15, 0.2) is 0 Å². The molecule has 0 saturated heterocycles. The molecule has 1 unspecified atom stereocenters. The van der Waals surface area contributed by atoms with Gasteiger partial charge in [-0.3, -0.25) is 0 Å². The van der Waals surface area contributed by atoms with Crippen LogP contribution in [0.4, 0.5) is 0 Å². The molecule has 0 radical (unpaired) electrons. The Balaban J connectivity index is 1.87. The first-order valence-corrected chi connectivity index (χ1v) is 8.33. The van der Waals surface area contributed by atoms with E-state index in [4.69, 9.17) is 10.00 Å². The fourth-order valence-electron chi connectivity index (χ4n) is 2.43. The number of sulfonamides is 1. The normalized spacial score (nSPS) is 17.1. The van der Waals surface area contributed by atoms with E-state index in [1.54, 1.807) is 0 Å². The van der Waals surface area contributed by atoms with E-state index in [1.165, 1.54) is 24.3 Å². The van der Waals surface area contributed by atoms with Crippen LogP contribution in [0.2, 0.25) is 0 Å². The highest BCUT2D eigenvalue weighted by Gasteiger charge is 2.26. The van der Waals surface area contributed by atoms with Crippen LogP contribution in [0.3, 0.4) is 0 Å². The van der Waals surface area contributed by atoms with Crippen LogP contribution in [-0.2, 0) is 10.0 Å². The second-order valence-corrected chi connectivity index (χ2v) is 6.70. The fourth-order valence-corrected chi connectivity index (χ4v) is 3.68. The van der Waals surface area contributed by atoms with Gasteiger partial charge in [-0.1, -0.05) is 18.2 Å². The van der Waals surface area contributed by atoms with E-state index < -0.39 is 10.0 Å². The summed E-state index contributed by atoms with van der Waals surface area (Å²) >= 11 is 0. The van der Waals surface area contributed by atoms with Crippen molar-refractivity contribution in [1.29, 1.82) is 5.26 Å². The Morgan fingerprint density at radius 3 is 2.59 bits per heavy atom. The molecule has 0 spiro atoms. The van der Waals surface area contributed by atoms with Crippen LogP contribution in [0.25, 0.3) is 0 Å². The summed E-state index contributed by atoms with van der Waals surface area (Å²) in [5.74, 6) is 0.710. The van der Waals surface area contributed by atoms with Gasteiger partial charge in [-0.05, 0) is 30.3 Å². The minimum absolute atomic E-state index is 0.149. The number of para-hydroxylation sites is 1. The molecular weight excluding hydrogens is 300 g/mol. The van der Waals surface area contributed by atoms with Crippen molar-refractivity contribution in [1.82, 2.24) is 4.72 Å². The molecule has 1 aliphatic rings. The highest BCUT2D eigenvalue weighted by Crippen LogP contribution is 2.32. The van der Waals surface area contributed by atoms with Gasteiger partial charge in [-0.2, -0.15) is 5.26 Å². The van der Waals surface area contributed by atoms with Crippen LogP contribution in [-0.4, -0.2) is 15.0 Å². The standard InChI is InChI=1S/C16H14N2O3S/c17-11-12-5-7-13(8-6-12)22(19,20)18-15-9-10-21-16-4-2-1-3-14(15)16/h1-8,15,18H,9-10H2. The number of rotatable bonds is 3. The minimum Gasteiger partial charge on any atom is -0.493 e. The molecule has 0 bridgehead atoms. The number of benzene rings is 2. The largest absolute Gasteiger partial charge is 0.493 e. The predicted molar refractivity (Wildman–Crippen MR) is 80.8 cm³/mol. The first-order chi connectivity index (χ1) is 10.6. The monoisotopic (exact) mass is 314 g/mol. The summed E-state index contributed by atoms with van der Waals surface area (Å²) in [4.78, 5) is 0.149. The average Bonchev–Trinajstić information content (AvgIpc) is 2.55. The van der Waals surface area contributed by atoms with Crippen LogP contribution in [0.5, 0.6) is 5.75 Å². The van der Waals surface area contributed by atoms with Crippen LogP contribution < -0.4 is 9.46 Å². The summed E-state index contributed by atoms with van der Waals surface area (Å²) in [6.45, 7) is 0.470. The number of ether oxygens (including phenoxy) is 1.